The summed E-state index contributed by atoms with van der Waals surface area (Å²) in [7, 11) is -2.91. The lowest BCUT2D eigenvalue weighted by Crippen LogP contribution is -2.52. The van der Waals surface area contributed by atoms with Gasteiger partial charge in [-0.15, -0.1) is 0 Å². The Hall–Kier alpha value is -2.26. The highest BCUT2D eigenvalue weighted by Gasteiger charge is 2.34. The van der Waals surface area contributed by atoms with E-state index in [0.29, 0.717) is 44.0 Å². The van der Waals surface area contributed by atoms with E-state index in [4.69, 9.17) is 0 Å². The summed E-state index contributed by atoms with van der Waals surface area (Å²) in [6.07, 6.45) is 3.73. The summed E-state index contributed by atoms with van der Waals surface area (Å²) in [5, 5.41) is 0. The molecule has 0 aliphatic carbocycles. The number of hydrogen-bond donors (Lipinski definition) is 0. The molecule has 2 aliphatic rings. The fraction of sp³-hybridized carbons (Fsp3) is 0.444. The normalized spacial score (nSPS) is 22.9. The van der Waals surface area contributed by atoms with Gasteiger partial charge in [0, 0.05) is 37.9 Å². The number of carbonyl (C=O) groups excluding carboxylic acids is 1. The van der Waals surface area contributed by atoms with Crippen molar-refractivity contribution >= 4 is 15.7 Å². The summed E-state index contributed by atoms with van der Waals surface area (Å²) in [5.74, 6) is 0.0127. The van der Waals surface area contributed by atoms with E-state index < -0.39 is 9.84 Å². The number of piperazine rings is 1. The summed E-state index contributed by atoms with van der Waals surface area (Å²) in [5.41, 5.74) is 1.10. The SMILES string of the molecule is O=C(c1cncn1-c1ccc(F)cc1)N1CCN([C@@H]2CCS(=O)(=O)C2)CC1. The van der Waals surface area contributed by atoms with Gasteiger partial charge in [-0.1, -0.05) is 0 Å². The molecule has 0 saturated carbocycles. The zero-order chi connectivity index (χ0) is 19.0. The van der Waals surface area contributed by atoms with Crippen molar-refractivity contribution in [2.75, 3.05) is 37.7 Å². The summed E-state index contributed by atoms with van der Waals surface area (Å²) < 4.78 is 38.2. The molecule has 2 fully saturated rings. The second-order valence-corrected chi connectivity index (χ2v) is 9.24. The van der Waals surface area contributed by atoms with Gasteiger partial charge in [0.2, 0.25) is 0 Å². The Balaban J connectivity index is 1.43. The van der Waals surface area contributed by atoms with E-state index >= 15 is 0 Å². The lowest BCUT2D eigenvalue weighted by Gasteiger charge is -2.37. The summed E-state index contributed by atoms with van der Waals surface area (Å²) in [6, 6.07) is 5.96. The smallest absolute Gasteiger partial charge is 0.272 e. The summed E-state index contributed by atoms with van der Waals surface area (Å²) in [4.78, 5) is 20.9. The van der Waals surface area contributed by atoms with Crippen LogP contribution in [-0.2, 0) is 9.84 Å². The quantitative estimate of drug-likeness (QED) is 0.778. The van der Waals surface area contributed by atoms with Gasteiger partial charge >= 0.3 is 0 Å². The van der Waals surface area contributed by atoms with Crippen LogP contribution < -0.4 is 0 Å². The molecule has 144 valence electrons. The van der Waals surface area contributed by atoms with E-state index in [1.165, 1.54) is 18.3 Å². The predicted molar refractivity (Wildman–Crippen MR) is 98.1 cm³/mol. The van der Waals surface area contributed by atoms with Crippen LogP contribution in [0.3, 0.4) is 0 Å². The van der Waals surface area contributed by atoms with Crippen LogP contribution in [-0.4, -0.2) is 77.4 Å². The first-order valence-corrected chi connectivity index (χ1v) is 10.8. The number of benzene rings is 1. The number of imidazole rings is 1. The van der Waals surface area contributed by atoms with Crippen molar-refractivity contribution in [1.82, 2.24) is 19.4 Å². The zero-order valence-electron chi connectivity index (χ0n) is 14.8. The molecule has 1 amide bonds. The van der Waals surface area contributed by atoms with Crippen LogP contribution in [0.5, 0.6) is 0 Å². The third-order valence-electron chi connectivity index (χ3n) is 5.29. The van der Waals surface area contributed by atoms with Crippen LogP contribution in [0.25, 0.3) is 5.69 Å². The number of sulfone groups is 1. The van der Waals surface area contributed by atoms with Crippen LogP contribution in [0.4, 0.5) is 4.39 Å². The fourth-order valence-corrected chi connectivity index (χ4v) is 5.54. The maximum atomic E-state index is 13.1. The maximum absolute atomic E-state index is 13.1. The van der Waals surface area contributed by atoms with E-state index in [1.807, 2.05) is 0 Å². The highest BCUT2D eigenvalue weighted by molar-refractivity contribution is 7.91. The lowest BCUT2D eigenvalue weighted by atomic mass is 10.2. The Kier molecular flexibility index (Phi) is 4.73. The number of rotatable bonds is 3. The Morgan fingerprint density at radius 1 is 1.11 bits per heavy atom. The molecule has 1 aromatic heterocycles. The van der Waals surface area contributed by atoms with Crippen molar-refractivity contribution in [3.63, 3.8) is 0 Å². The van der Waals surface area contributed by atoms with Crippen LogP contribution in [0.15, 0.2) is 36.8 Å². The number of halogens is 1. The van der Waals surface area contributed by atoms with Gasteiger partial charge in [-0.2, -0.15) is 0 Å². The van der Waals surface area contributed by atoms with Gasteiger partial charge in [-0.3, -0.25) is 14.3 Å². The minimum atomic E-state index is -2.91. The molecule has 27 heavy (non-hydrogen) atoms. The van der Waals surface area contributed by atoms with E-state index in [-0.39, 0.29) is 29.3 Å². The number of amides is 1. The molecule has 3 heterocycles. The van der Waals surface area contributed by atoms with Crippen LogP contribution in [0, 0.1) is 5.82 Å². The second kappa shape index (κ2) is 7.05. The molecule has 1 aromatic carbocycles. The highest BCUT2D eigenvalue weighted by atomic mass is 32.2. The average Bonchev–Trinajstić information content (AvgIpc) is 3.28. The zero-order valence-corrected chi connectivity index (χ0v) is 15.6. The van der Waals surface area contributed by atoms with Gasteiger partial charge in [0.15, 0.2) is 9.84 Å². The third kappa shape index (κ3) is 3.74. The molecular formula is C18H21FN4O3S. The first-order valence-electron chi connectivity index (χ1n) is 8.95. The van der Waals surface area contributed by atoms with Crippen molar-refractivity contribution < 1.29 is 17.6 Å². The van der Waals surface area contributed by atoms with E-state index in [0.717, 1.165) is 0 Å². The molecule has 2 aromatic rings. The average molecular weight is 392 g/mol. The minimum Gasteiger partial charge on any atom is -0.335 e. The largest absolute Gasteiger partial charge is 0.335 e. The molecule has 0 unspecified atom stereocenters. The maximum Gasteiger partial charge on any atom is 0.272 e. The molecule has 4 rings (SSSR count). The van der Waals surface area contributed by atoms with Crippen molar-refractivity contribution in [2.45, 2.75) is 12.5 Å². The van der Waals surface area contributed by atoms with Crippen molar-refractivity contribution in [3.8, 4) is 5.69 Å². The van der Waals surface area contributed by atoms with Gasteiger partial charge in [0.25, 0.3) is 5.91 Å². The Morgan fingerprint density at radius 3 is 2.44 bits per heavy atom. The van der Waals surface area contributed by atoms with Crippen LogP contribution in [0.2, 0.25) is 0 Å². The van der Waals surface area contributed by atoms with Gasteiger partial charge in [0.05, 0.1) is 24.0 Å². The molecule has 2 aliphatic heterocycles. The fourth-order valence-electron chi connectivity index (χ4n) is 3.78. The molecular weight excluding hydrogens is 371 g/mol. The Morgan fingerprint density at radius 2 is 1.81 bits per heavy atom. The van der Waals surface area contributed by atoms with Gasteiger partial charge in [-0.25, -0.2) is 17.8 Å². The standard InChI is InChI=1S/C18H21FN4O3S/c19-14-1-3-15(4-2-14)23-13-20-11-17(23)18(24)22-8-6-21(7-9-22)16-5-10-27(25,26)12-16/h1-4,11,13,16H,5-10,12H2/t16-/m1/s1. The monoisotopic (exact) mass is 392 g/mol. The summed E-state index contributed by atoms with van der Waals surface area (Å²) in [6.45, 7) is 2.42. The van der Waals surface area contributed by atoms with Crippen molar-refractivity contribution in [2.24, 2.45) is 0 Å². The number of carbonyl (C=O) groups is 1. The van der Waals surface area contributed by atoms with Crippen LogP contribution >= 0.6 is 0 Å². The molecule has 9 heteroatoms. The molecule has 7 nitrogen and oxygen atoms in total. The number of hydrogen-bond acceptors (Lipinski definition) is 5. The number of nitrogens with zero attached hydrogens (tertiary/aromatic N) is 4. The molecule has 0 bridgehead atoms. The van der Waals surface area contributed by atoms with Gasteiger partial charge < -0.3 is 4.90 Å². The van der Waals surface area contributed by atoms with E-state index in [1.54, 1.807) is 27.9 Å². The summed E-state index contributed by atoms with van der Waals surface area (Å²) >= 11 is 0. The first-order chi connectivity index (χ1) is 12.9. The molecule has 1 atom stereocenters. The third-order valence-corrected chi connectivity index (χ3v) is 7.04. The Bertz CT molecular complexity index is 934. The van der Waals surface area contributed by atoms with Gasteiger partial charge in [-0.05, 0) is 30.7 Å². The Labute approximate surface area is 157 Å². The molecule has 0 radical (unpaired) electrons. The highest BCUT2D eigenvalue weighted by Crippen LogP contribution is 2.20. The first kappa shape index (κ1) is 18.1. The van der Waals surface area contributed by atoms with E-state index in [2.05, 4.69) is 9.88 Å². The second-order valence-electron chi connectivity index (χ2n) is 7.01. The lowest BCUT2D eigenvalue weighted by molar-refractivity contribution is 0.0580. The van der Waals surface area contributed by atoms with E-state index in [9.17, 15) is 17.6 Å². The van der Waals surface area contributed by atoms with Crippen molar-refractivity contribution in [3.05, 3.63) is 48.3 Å². The van der Waals surface area contributed by atoms with Gasteiger partial charge in [0.1, 0.15) is 11.5 Å². The molecule has 2 saturated heterocycles. The molecule has 0 N–H and O–H groups in total. The molecule has 0 spiro atoms. The minimum absolute atomic E-state index is 0.0667. The topological polar surface area (TPSA) is 75.5 Å². The number of aromatic nitrogens is 2. The van der Waals surface area contributed by atoms with Crippen molar-refractivity contribution in [1.29, 1.82) is 0 Å². The van der Waals surface area contributed by atoms with Crippen LogP contribution in [0.1, 0.15) is 16.9 Å². The predicted octanol–water partition coefficient (Wildman–Crippen LogP) is 0.956.